The van der Waals surface area contributed by atoms with Crippen LogP contribution in [0.3, 0.4) is 0 Å². The van der Waals surface area contributed by atoms with Crippen LogP contribution < -0.4 is 0 Å². The van der Waals surface area contributed by atoms with Crippen molar-refractivity contribution >= 4 is 32.3 Å². The maximum absolute atomic E-state index is 3.71. The average Bonchev–Trinajstić information content (AvgIpc) is 3.07. The number of hydrogen-bond acceptors (Lipinski definition) is 0. The second-order valence-electron chi connectivity index (χ2n) is 10.7. The van der Waals surface area contributed by atoms with Gasteiger partial charge < -0.3 is 0 Å². The third-order valence-corrected chi connectivity index (χ3v) is 8.24. The van der Waals surface area contributed by atoms with Gasteiger partial charge in [-0.25, -0.2) is 5.56 Å². The van der Waals surface area contributed by atoms with Gasteiger partial charge in [-0.05, 0) is 49.5 Å². The van der Waals surface area contributed by atoms with E-state index in [9.17, 15) is 0 Å². The van der Waals surface area contributed by atoms with Crippen LogP contribution in [0.25, 0.3) is 76.8 Å². The van der Waals surface area contributed by atoms with Crippen molar-refractivity contribution < 1.29 is 32.7 Å². The fourth-order valence-corrected chi connectivity index (χ4v) is 6.34. The summed E-state index contributed by atoms with van der Waals surface area (Å²) in [7, 11) is 0. The molecule has 8 aromatic carbocycles. The number of hydrogen-bond donors (Lipinski definition) is 0. The summed E-state index contributed by atoms with van der Waals surface area (Å²) in [6.45, 7) is 0. The summed E-state index contributed by atoms with van der Waals surface area (Å²) in [4.78, 5) is 0. The first-order valence-electron chi connectivity index (χ1n) is 14.4. The molecule has 0 aliphatic carbocycles. The molecule has 0 saturated heterocycles. The van der Waals surface area contributed by atoms with Crippen LogP contribution in [0, 0.1) is 12.1 Å². The number of rotatable bonds is 4. The first-order valence-corrected chi connectivity index (χ1v) is 14.4. The minimum Gasteiger partial charge on any atom is -0.202 e. The molecule has 8 aromatic rings. The molecule has 0 bridgehead atoms. The quantitative estimate of drug-likeness (QED) is 0.136. The van der Waals surface area contributed by atoms with Gasteiger partial charge in [0.25, 0.3) is 0 Å². The molecular weight excluding hydrogens is 593 g/mol. The van der Waals surface area contributed by atoms with E-state index in [0.717, 1.165) is 27.8 Å². The van der Waals surface area contributed by atoms with E-state index in [1.54, 1.807) is 0 Å². The van der Waals surface area contributed by atoms with Crippen molar-refractivity contribution in [3.05, 3.63) is 170 Å². The second-order valence-corrected chi connectivity index (χ2v) is 10.7. The summed E-state index contributed by atoms with van der Waals surface area (Å²) in [5.41, 5.74) is 9.24. The van der Waals surface area contributed by atoms with Crippen molar-refractivity contribution in [2.75, 3.05) is 0 Å². The Balaban J connectivity index is 0.00000300. The van der Waals surface area contributed by atoms with Gasteiger partial charge in [0.15, 0.2) is 0 Å². The van der Waals surface area contributed by atoms with Gasteiger partial charge in [-0.2, -0.15) is 29.8 Å². The van der Waals surface area contributed by atoms with E-state index in [1.807, 2.05) is 12.1 Å². The summed E-state index contributed by atoms with van der Waals surface area (Å²) in [6, 6.07) is 63.6. The molecular formula is C42H26Y-2. The van der Waals surface area contributed by atoms with E-state index < -0.39 is 0 Å². The molecule has 43 heavy (non-hydrogen) atoms. The summed E-state index contributed by atoms with van der Waals surface area (Å²) in [6.07, 6.45) is 0. The molecule has 0 unspecified atom stereocenters. The van der Waals surface area contributed by atoms with Crippen LogP contribution in [0.4, 0.5) is 0 Å². The van der Waals surface area contributed by atoms with Gasteiger partial charge in [-0.1, -0.05) is 126 Å². The first kappa shape index (κ1) is 27.5. The predicted molar refractivity (Wildman–Crippen MR) is 178 cm³/mol. The number of benzene rings is 8. The Labute approximate surface area is 277 Å². The minimum absolute atomic E-state index is 0. The molecule has 0 nitrogen and oxygen atoms in total. The molecule has 0 N–H and O–H groups in total. The molecule has 0 aliphatic rings. The molecule has 0 heterocycles. The first-order chi connectivity index (χ1) is 20.8. The average molecular weight is 620 g/mol. The normalized spacial score (nSPS) is 11.1. The Morgan fingerprint density at radius 1 is 0.395 bits per heavy atom. The Morgan fingerprint density at radius 3 is 1.72 bits per heavy atom. The van der Waals surface area contributed by atoms with Gasteiger partial charge in [-0.3, -0.25) is 0 Å². The molecule has 1 heteroatoms. The molecule has 0 amide bonds. The van der Waals surface area contributed by atoms with E-state index in [0.29, 0.717) is 0 Å². The maximum Gasteiger partial charge on any atom is 0 e. The van der Waals surface area contributed by atoms with Crippen molar-refractivity contribution in [3.63, 3.8) is 0 Å². The minimum atomic E-state index is 0. The Kier molecular flexibility index (Phi) is 7.50. The standard InChI is InChI=1S/C42H26.Y/c1-2-13-29(14-3-1)32-17-12-18-33(27-32)35-19-6-7-20-36(35)42-39-23-10-8-21-37(39)41(38-22-9-11-24-40(38)42)34-26-25-30-15-4-5-16-31(30)28-34;/h1-18,20-26,28H;/q-2;. The monoisotopic (exact) mass is 619 g/mol. The Bertz CT molecular complexity index is 2190. The van der Waals surface area contributed by atoms with Crippen molar-refractivity contribution in [3.8, 4) is 44.5 Å². The van der Waals surface area contributed by atoms with Crippen LogP contribution in [-0.2, 0) is 32.7 Å². The molecule has 199 valence electrons. The smallest absolute Gasteiger partial charge is 0 e. The zero-order chi connectivity index (χ0) is 27.9. The van der Waals surface area contributed by atoms with Gasteiger partial charge in [0.05, 0.1) is 0 Å². The Morgan fingerprint density at radius 2 is 1.00 bits per heavy atom. The third-order valence-electron chi connectivity index (χ3n) is 8.24. The van der Waals surface area contributed by atoms with Crippen LogP contribution >= 0.6 is 0 Å². The molecule has 0 spiro atoms. The van der Waals surface area contributed by atoms with Crippen LogP contribution in [0.2, 0.25) is 0 Å². The SMILES string of the molecule is [Y].[c-]1c(-c2ccccc2)cccc1-c1[c-]cccc1-c1c2ccccc2c(-c2ccc3ccccc3c2)c2ccccc12. The van der Waals surface area contributed by atoms with Crippen LogP contribution in [0.5, 0.6) is 0 Å². The van der Waals surface area contributed by atoms with Crippen molar-refractivity contribution in [1.29, 1.82) is 0 Å². The molecule has 1 radical (unpaired) electrons. The summed E-state index contributed by atoms with van der Waals surface area (Å²) < 4.78 is 0. The van der Waals surface area contributed by atoms with E-state index in [1.165, 1.54) is 49.0 Å². The zero-order valence-corrected chi connectivity index (χ0v) is 26.4. The van der Waals surface area contributed by atoms with Gasteiger partial charge >= 0.3 is 0 Å². The fourth-order valence-electron chi connectivity index (χ4n) is 6.34. The Hall–Kier alpha value is -4.36. The van der Waals surface area contributed by atoms with Crippen molar-refractivity contribution in [2.45, 2.75) is 0 Å². The van der Waals surface area contributed by atoms with Crippen molar-refractivity contribution in [2.24, 2.45) is 0 Å². The second kappa shape index (κ2) is 11.7. The number of fused-ring (bicyclic) bond motifs is 3. The van der Waals surface area contributed by atoms with E-state index in [-0.39, 0.29) is 32.7 Å². The topological polar surface area (TPSA) is 0 Å². The third kappa shape index (κ3) is 4.92. The van der Waals surface area contributed by atoms with Crippen LogP contribution in [0.15, 0.2) is 158 Å². The molecule has 0 saturated carbocycles. The van der Waals surface area contributed by atoms with E-state index in [2.05, 4.69) is 158 Å². The summed E-state index contributed by atoms with van der Waals surface area (Å²) in [5, 5.41) is 7.47. The molecule has 0 aliphatic heterocycles. The molecule has 0 fully saturated rings. The van der Waals surface area contributed by atoms with Crippen molar-refractivity contribution in [1.82, 2.24) is 0 Å². The zero-order valence-electron chi connectivity index (χ0n) is 23.6. The van der Waals surface area contributed by atoms with Gasteiger partial charge in [0.2, 0.25) is 0 Å². The predicted octanol–water partition coefficient (Wildman–Crippen LogP) is 11.4. The maximum atomic E-state index is 3.71. The van der Waals surface area contributed by atoms with E-state index in [4.69, 9.17) is 0 Å². The van der Waals surface area contributed by atoms with Gasteiger partial charge in [0.1, 0.15) is 0 Å². The van der Waals surface area contributed by atoms with Gasteiger partial charge in [0, 0.05) is 32.7 Å². The van der Waals surface area contributed by atoms with Gasteiger partial charge in [-0.15, -0.1) is 35.4 Å². The largest absolute Gasteiger partial charge is 0.202 e. The van der Waals surface area contributed by atoms with Crippen LogP contribution in [-0.4, -0.2) is 0 Å². The molecule has 0 atom stereocenters. The van der Waals surface area contributed by atoms with Crippen LogP contribution in [0.1, 0.15) is 0 Å². The summed E-state index contributed by atoms with van der Waals surface area (Å²) >= 11 is 0. The molecule has 0 aromatic heterocycles. The fraction of sp³-hybridized carbons (Fsp3) is 0. The van der Waals surface area contributed by atoms with E-state index >= 15 is 0 Å². The molecule has 8 rings (SSSR count). The summed E-state index contributed by atoms with van der Waals surface area (Å²) in [5.74, 6) is 0.